The van der Waals surface area contributed by atoms with Crippen LogP contribution in [0.5, 0.6) is 0 Å². The second-order valence-corrected chi connectivity index (χ2v) is 4.91. The van der Waals surface area contributed by atoms with E-state index in [9.17, 15) is 4.79 Å². The smallest absolute Gasteiger partial charge is 0.241 e. The molecule has 1 amide bonds. The van der Waals surface area contributed by atoms with Crippen molar-refractivity contribution in [1.82, 2.24) is 15.0 Å². The van der Waals surface area contributed by atoms with E-state index in [1.54, 1.807) is 0 Å². The van der Waals surface area contributed by atoms with Crippen molar-refractivity contribution >= 4 is 5.91 Å². The van der Waals surface area contributed by atoms with E-state index in [1.807, 2.05) is 35.2 Å². The van der Waals surface area contributed by atoms with Crippen molar-refractivity contribution in [2.75, 3.05) is 6.54 Å². The lowest BCUT2D eigenvalue weighted by Gasteiger charge is -2.19. The van der Waals surface area contributed by atoms with E-state index in [4.69, 9.17) is 10.3 Å². The van der Waals surface area contributed by atoms with Crippen LogP contribution in [0.1, 0.15) is 18.7 Å². The van der Waals surface area contributed by atoms with Crippen molar-refractivity contribution in [2.24, 2.45) is 5.73 Å². The highest BCUT2D eigenvalue weighted by Gasteiger charge is 2.30. The van der Waals surface area contributed by atoms with E-state index in [0.29, 0.717) is 18.3 Å². The van der Waals surface area contributed by atoms with Gasteiger partial charge in [-0.05, 0) is 19.4 Å². The average Bonchev–Trinajstić information content (AvgIpc) is 3.09. The van der Waals surface area contributed by atoms with Crippen LogP contribution in [0.2, 0.25) is 0 Å². The van der Waals surface area contributed by atoms with Crippen LogP contribution in [-0.2, 0) is 11.3 Å². The molecule has 2 aromatic rings. The molecule has 0 spiro atoms. The number of amides is 1. The number of rotatable bonds is 4. The summed E-state index contributed by atoms with van der Waals surface area (Å²) in [5.74, 6) is 0.790. The first-order chi connectivity index (χ1) is 9.74. The minimum Gasteiger partial charge on any atom is -0.368 e. The summed E-state index contributed by atoms with van der Waals surface area (Å²) in [6, 6.07) is 9.42. The number of likely N-dealkylation sites (tertiary alicyclic amines) is 1. The lowest BCUT2D eigenvalue weighted by molar-refractivity contribution is -0.122. The summed E-state index contributed by atoms with van der Waals surface area (Å²) in [4.78, 5) is 17.7. The molecule has 1 aliphatic rings. The number of carbonyl (C=O) groups excluding carboxylic acids is 1. The first-order valence-corrected chi connectivity index (χ1v) is 6.65. The van der Waals surface area contributed by atoms with Gasteiger partial charge in [-0.3, -0.25) is 9.69 Å². The third-order valence-corrected chi connectivity index (χ3v) is 3.53. The van der Waals surface area contributed by atoms with Gasteiger partial charge in [0.2, 0.25) is 17.6 Å². The number of hydrogen-bond donors (Lipinski definition) is 1. The Hall–Kier alpha value is -2.21. The van der Waals surface area contributed by atoms with Crippen LogP contribution in [0.3, 0.4) is 0 Å². The lowest BCUT2D eigenvalue weighted by Crippen LogP contribution is -2.39. The number of aromatic nitrogens is 2. The molecule has 3 rings (SSSR count). The first-order valence-electron chi connectivity index (χ1n) is 6.65. The fourth-order valence-electron chi connectivity index (χ4n) is 2.53. The number of hydrogen-bond acceptors (Lipinski definition) is 5. The minimum atomic E-state index is -0.287. The van der Waals surface area contributed by atoms with Crippen LogP contribution in [0.25, 0.3) is 11.4 Å². The molecule has 1 atom stereocenters. The van der Waals surface area contributed by atoms with Gasteiger partial charge in [0.15, 0.2) is 0 Å². The molecule has 0 saturated carbocycles. The maximum Gasteiger partial charge on any atom is 0.241 e. The zero-order valence-electron chi connectivity index (χ0n) is 11.0. The third-order valence-electron chi connectivity index (χ3n) is 3.53. The highest BCUT2D eigenvalue weighted by molar-refractivity contribution is 5.80. The van der Waals surface area contributed by atoms with E-state index >= 15 is 0 Å². The van der Waals surface area contributed by atoms with Crippen molar-refractivity contribution in [1.29, 1.82) is 0 Å². The number of carbonyl (C=O) groups is 1. The molecule has 6 nitrogen and oxygen atoms in total. The summed E-state index contributed by atoms with van der Waals surface area (Å²) < 4.78 is 5.25. The Morgan fingerprint density at radius 3 is 2.95 bits per heavy atom. The van der Waals surface area contributed by atoms with E-state index in [1.165, 1.54) is 0 Å². The fourth-order valence-corrected chi connectivity index (χ4v) is 2.53. The van der Waals surface area contributed by atoms with E-state index < -0.39 is 0 Å². The second kappa shape index (κ2) is 5.42. The Kier molecular flexibility index (Phi) is 3.47. The van der Waals surface area contributed by atoms with Gasteiger partial charge in [0.05, 0.1) is 12.6 Å². The van der Waals surface area contributed by atoms with Gasteiger partial charge in [-0.25, -0.2) is 0 Å². The zero-order valence-corrected chi connectivity index (χ0v) is 11.0. The predicted molar refractivity (Wildman–Crippen MR) is 72.4 cm³/mol. The van der Waals surface area contributed by atoms with Gasteiger partial charge in [0.25, 0.3) is 0 Å². The molecular formula is C14H16N4O2. The van der Waals surface area contributed by atoms with Crippen molar-refractivity contribution < 1.29 is 9.32 Å². The van der Waals surface area contributed by atoms with Gasteiger partial charge in [-0.15, -0.1) is 0 Å². The number of benzene rings is 1. The fraction of sp³-hybridized carbons (Fsp3) is 0.357. The molecule has 2 N–H and O–H groups in total. The average molecular weight is 272 g/mol. The van der Waals surface area contributed by atoms with Crippen molar-refractivity contribution in [2.45, 2.75) is 25.4 Å². The van der Waals surface area contributed by atoms with Crippen LogP contribution >= 0.6 is 0 Å². The maximum atomic E-state index is 11.3. The molecule has 0 radical (unpaired) electrons. The van der Waals surface area contributed by atoms with Gasteiger partial charge in [0.1, 0.15) is 0 Å². The SMILES string of the molecule is NC(=O)[C@@H]1CCCN1Cc1nc(-c2ccccc2)no1. The molecule has 1 saturated heterocycles. The Bertz CT molecular complexity index is 596. The number of primary amides is 1. The minimum absolute atomic E-state index is 0.220. The summed E-state index contributed by atoms with van der Waals surface area (Å²) in [5.41, 5.74) is 6.30. The van der Waals surface area contributed by atoms with Crippen LogP contribution in [0.15, 0.2) is 34.9 Å². The molecule has 0 bridgehead atoms. The molecule has 0 unspecified atom stereocenters. The standard InChI is InChI=1S/C14H16N4O2/c15-13(19)11-7-4-8-18(11)9-12-16-14(17-20-12)10-5-2-1-3-6-10/h1-3,5-6,11H,4,7-9H2,(H2,15,19)/t11-/m0/s1. The molecule has 1 fully saturated rings. The van der Waals surface area contributed by atoms with Gasteiger partial charge in [-0.1, -0.05) is 35.5 Å². The first kappa shape index (κ1) is 12.8. The molecule has 6 heteroatoms. The normalized spacial score (nSPS) is 19.3. The Morgan fingerprint density at radius 2 is 2.20 bits per heavy atom. The van der Waals surface area contributed by atoms with Crippen molar-refractivity contribution in [3.63, 3.8) is 0 Å². The van der Waals surface area contributed by atoms with Crippen molar-refractivity contribution in [3.8, 4) is 11.4 Å². The van der Waals surface area contributed by atoms with Gasteiger partial charge in [0, 0.05) is 5.56 Å². The molecule has 104 valence electrons. The van der Waals surface area contributed by atoms with Crippen LogP contribution in [-0.4, -0.2) is 33.5 Å². The quantitative estimate of drug-likeness (QED) is 0.903. The summed E-state index contributed by atoms with van der Waals surface area (Å²) in [6.07, 6.45) is 1.77. The largest absolute Gasteiger partial charge is 0.368 e. The molecule has 1 aromatic heterocycles. The third kappa shape index (κ3) is 2.55. The van der Waals surface area contributed by atoms with Crippen molar-refractivity contribution in [3.05, 3.63) is 36.2 Å². The summed E-state index contributed by atoms with van der Waals surface area (Å²) >= 11 is 0. The monoisotopic (exact) mass is 272 g/mol. The highest BCUT2D eigenvalue weighted by atomic mass is 16.5. The Labute approximate surface area is 116 Å². The molecular weight excluding hydrogens is 256 g/mol. The topological polar surface area (TPSA) is 85.3 Å². The zero-order chi connectivity index (χ0) is 13.9. The predicted octanol–water partition coefficient (Wildman–Crippen LogP) is 1.19. The van der Waals surface area contributed by atoms with Crippen LogP contribution in [0.4, 0.5) is 0 Å². The van der Waals surface area contributed by atoms with E-state index in [2.05, 4.69) is 10.1 Å². The number of nitrogens with two attached hydrogens (primary N) is 1. The highest BCUT2D eigenvalue weighted by Crippen LogP contribution is 2.21. The summed E-state index contributed by atoms with van der Waals surface area (Å²) in [6.45, 7) is 1.30. The van der Waals surface area contributed by atoms with Gasteiger partial charge < -0.3 is 10.3 Å². The summed E-state index contributed by atoms with van der Waals surface area (Å²) in [7, 11) is 0. The van der Waals surface area contributed by atoms with E-state index in [0.717, 1.165) is 24.9 Å². The molecule has 2 heterocycles. The van der Waals surface area contributed by atoms with Gasteiger partial charge >= 0.3 is 0 Å². The molecule has 20 heavy (non-hydrogen) atoms. The number of nitrogens with zero attached hydrogens (tertiary/aromatic N) is 3. The maximum absolute atomic E-state index is 11.3. The molecule has 1 aromatic carbocycles. The molecule has 0 aliphatic carbocycles. The van der Waals surface area contributed by atoms with Crippen LogP contribution < -0.4 is 5.73 Å². The lowest BCUT2D eigenvalue weighted by atomic mass is 10.2. The molecule has 1 aliphatic heterocycles. The Morgan fingerprint density at radius 1 is 1.40 bits per heavy atom. The van der Waals surface area contributed by atoms with Gasteiger partial charge in [-0.2, -0.15) is 4.98 Å². The Balaban J connectivity index is 1.73. The van der Waals surface area contributed by atoms with E-state index in [-0.39, 0.29) is 11.9 Å². The second-order valence-electron chi connectivity index (χ2n) is 4.91. The van der Waals surface area contributed by atoms with Crippen LogP contribution in [0, 0.1) is 0 Å². The summed E-state index contributed by atoms with van der Waals surface area (Å²) in [5, 5.41) is 3.97.